The van der Waals surface area contributed by atoms with E-state index in [1.165, 1.54) is 24.3 Å². The summed E-state index contributed by atoms with van der Waals surface area (Å²) >= 11 is 0. The number of nitrogens with one attached hydrogen (secondary N) is 1. The Hall–Kier alpha value is -3.69. The number of non-ortho nitro benzene ring substituents is 1. The predicted octanol–water partition coefficient (Wildman–Crippen LogP) is 1.75. The van der Waals surface area contributed by atoms with Gasteiger partial charge in [0.2, 0.25) is 0 Å². The fraction of sp³-hybridized carbons (Fsp3) is 0.316. The van der Waals surface area contributed by atoms with E-state index in [1.54, 1.807) is 13.8 Å². The molecular weight excluding hydrogens is 384 g/mol. The lowest BCUT2D eigenvalue weighted by molar-refractivity contribution is -0.384. The third-order valence-corrected chi connectivity index (χ3v) is 4.33. The van der Waals surface area contributed by atoms with Crippen LogP contribution < -0.4 is 5.32 Å². The number of benzene rings is 1. The van der Waals surface area contributed by atoms with Gasteiger partial charge in [0, 0.05) is 23.5 Å². The molecule has 0 radical (unpaired) electrons. The number of dihydropyridines is 1. The first-order chi connectivity index (χ1) is 13.7. The van der Waals surface area contributed by atoms with Crippen molar-refractivity contribution in [3.05, 3.63) is 62.5 Å². The zero-order chi connectivity index (χ0) is 21.7. The molecule has 0 fully saturated rings. The molecule has 0 saturated heterocycles. The summed E-state index contributed by atoms with van der Waals surface area (Å²) < 4.78 is 14.8. The summed E-state index contributed by atoms with van der Waals surface area (Å²) in [7, 11) is 2.32. The van der Waals surface area contributed by atoms with Crippen LogP contribution in [0.4, 0.5) is 5.69 Å². The highest BCUT2D eigenvalue weighted by Gasteiger charge is 2.42. The van der Waals surface area contributed by atoms with E-state index in [4.69, 9.17) is 14.2 Å². The van der Waals surface area contributed by atoms with Gasteiger partial charge in [-0.1, -0.05) is 0 Å². The molecule has 1 aromatic carbocycles. The highest BCUT2D eigenvalue weighted by molar-refractivity contribution is 6.05. The van der Waals surface area contributed by atoms with E-state index < -0.39 is 28.7 Å². The summed E-state index contributed by atoms with van der Waals surface area (Å²) in [4.78, 5) is 47.6. The van der Waals surface area contributed by atoms with Crippen LogP contribution in [0.15, 0.2) is 46.8 Å². The third kappa shape index (κ3) is 4.60. The Kier molecular flexibility index (Phi) is 6.71. The van der Waals surface area contributed by atoms with Crippen molar-refractivity contribution in [3.63, 3.8) is 0 Å². The molecule has 154 valence electrons. The summed E-state index contributed by atoms with van der Waals surface area (Å²) in [6, 6.07) is 5.44. The second-order valence-electron chi connectivity index (χ2n) is 6.15. The lowest BCUT2D eigenvalue weighted by atomic mass is 9.85. The van der Waals surface area contributed by atoms with E-state index in [1.807, 2.05) is 0 Å². The van der Waals surface area contributed by atoms with Gasteiger partial charge in [-0.3, -0.25) is 14.9 Å². The Bertz CT molecular complexity index is 877. The molecule has 0 saturated carbocycles. The second-order valence-corrected chi connectivity index (χ2v) is 6.15. The minimum Gasteiger partial charge on any atom is -0.466 e. The molecule has 0 aliphatic carbocycles. The molecule has 1 N–H and O–H groups in total. The normalized spacial score (nSPS) is 14.2. The molecule has 1 aliphatic rings. The van der Waals surface area contributed by atoms with Crippen LogP contribution >= 0.6 is 0 Å². The Morgan fingerprint density at radius 1 is 1.00 bits per heavy atom. The molecule has 0 bridgehead atoms. The van der Waals surface area contributed by atoms with E-state index in [2.05, 4.69) is 5.32 Å². The van der Waals surface area contributed by atoms with Gasteiger partial charge in [-0.25, -0.2) is 9.59 Å². The molecule has 0 atom stereocenters. The minimum absolute atomic E-state index is 0.0628. The van der Waals surface area contributed by atoms with Crippen LogP contribution in [0, 0.1) is 16.0 Å². The quantitative estimate of drug-likeness (QED) is 0.326. The zero-order valence-electron chi connectivity index (χ0n) is 16.3. The Balaban J connectivity index is 2.32. The summed E-state index contributed by atoms with van der Waals surface area (Å²) in [5.41, 5.74) is 0.966. The number of methoxy groups -OCH3 is 2. The summed E-state index contributed by atoms with van der Waals surface area (Å²) in [5, 5.41) is 13.6. The lowest BCUT2D eigenvalue weighted by Gasteiger charge is -2.28. The Morgan fingerprint density at radius 3 is 1.90 bits per heavy atom. The molecule has 0 amide bonds. The molecule has 10 nitrogen and oxygen atoms in total. The first-order valence-electron chi connectivity index (χ1n) is 8.46. The van der Waals surface area contributed by atoms with Gasteiger partial charge in [0.15, 0.2) is 0 Å². The fourth-order valence-corrected chi connectivity index (χ4v) is 2.94. The third-order valence-electron chi connectivity index (χ3n) is 4.33. The van der Waals surface area contributed by atoms with Crippen LogP contribution in [-0.4, -0.2) is 37.1 Å². The topological polar surface area (TPSA) is 134 Å². The average Bonchev–Trinajstić information content (AvgIpc) is 2.70. The van der Waals surface area contributed by atoms with Gasteiger partial charge in [0.25, 0.3) is 5.69 Å². The molecule has 0 aromatic heterocycles. The Morgan fingerprint density at radius 2 is 1.48 bits per heavy atom. The van der Waals surface area contributed by atoms with Crippen molar-refractivity contribution in [1.82, 2.24) is 5.32 Å². The molecule has 2 rings (SSSR count). The molecule has 0 spiro atoms. The minimum atomic E-state index is -1.34. The maximum absolute atomic E-state index is 12.9. The van der Waals surface area contributed by atoms with E-state index in [0.29, 0.717) is 17.0 Å². The van der Waals surface area contributed by atoms with Crippen molar-refractivity contribution in [1.29, 1.82) is 0 Å². The van der Waals surface area contributed by atoms with Gasteiger partial charge >= 0.3 is 17.9 Å². The van der Waals surface area contributed by atoms with Crippen LogP contribution in [0.3, 0.4) is 0 Å². The number of nitrogens with zero attached hydrogens (tertiary/aromatic N) is 1. The standard InChI is InChI=1S/C19H20N2O8/c1-10-14(17(22)27-3)16(15(11(2)20-10)18(23)28-4)19(24)29-9-12-5-7-13(8-6-12)21(25)26/h5-8,16,20H,9H2,1-4H3. The van der Waals surface area contributed by atoms with E-state index in [0.717, 1.165) is 14.2 Å². The van der Waals surface area contributed by atoms with Crippen molar-refractivity contribution < 1.29 is 33.5 Å². The molecule has 1 aromatic rings. The van der Waals surface area contributed by atoms with Crippen molar-refractivity contribution in [2.45, 2.75) is 20.5 Å². The second kappa shape index (κ2) is 9.00. The smallest absolute Gasteiger partial charge is 0.336 e. The number of carbonyl (C=O) groups excluding carboxylic acids is 3. The van der Waals surface area contributed by atoms with Gasteiger partial charge in [0.05, 0.1) is 30.3 Å². The van der Waals surface area contributed by atoms with Crippen LogP contribution in [0.5, 0.6) is 0 Å². The molecule has 0 unspecified atom stereocenters. The number of hydrogen-bond donors (Lipinski definition) is 1. The highest BCUT2D eigenvalue weighted by Crippen LogP contribution is 2.32. The number of nitro benzene ring substituents is 1. The number of rotatable bonds is 6. The molecular formula is C19H20N2O8. The predicted molar refractivity (Wildman–Crippen MR) is 99.0 cm³/mol. The van der Waals surface area contributed by atoms with Gasteiger partial charge < -0.3 is 19.5 Å². The Labute approximate surface area is 166 Å². The largest absolute Gasteiger partial charge is 0.466 e. The van der Waals surface area contributed by atoms with Crippen LogP contribution in [-0.2, 0) is 35.2 Å². The van der Waals surface area contributed by atoms with E-state index in [9.17, 15) is 24.5 Å². The number of esters is 3. The maximum Gasteiger partial charge on any atom is 0.336 e. The lowest BCUT2D eigenvalue weighted by Crippen LogP contribution is -2.37. The van der Waals surface area contributed by atoms with Crippen LogP contribution in [0.1, 0.15) is 19.4 Å². The summed E-state index contributed by atoms with van der Waals surface area (Å²) in [6.45, 7) is 2.93. The van der Waals surface area contributed by atoms with Crippen molar-refractivity contribution in [2.75, 3.05) is 14.2 Å². The van der Waals surface area contributed by atoms with Gasteiger partial charge in [-0.2, -0.15) is 0 Å². The van der Waals surface area contributed by atoms with E-state index in [-0.39, 0.29) is 23.4 Å². The number of allylic oxidation sites excluding steroid dienone is 2. The van der Waals surface area contributed by atoms with E-state index >= 15 is 0 Å². The SMILES string of the molecule is COC(=O)C1=C(C)NC(C)=C(C(=O)OC)C1C(=O)OCc1ccc([N+](=O)[O-])cc1. The number of nitro groups is 1. The fourth-order valence-electron chi connectivity index (χ4n) is 2.94. The first kappa shape index (κ1) is 21.6. The summed E-state index contributed by atoms with van der Waals surface area (Å²) in [6.07, 6.45) is 0. The van der Waals surface area contributed by atoms with Gasteiger partial charge in [0.1, 0.15) is 12.5 Å². The van der Waals surface area contributed by atoms with Crippen molar-refractivity contribution in [2.24, 2.45) is 5.92 Å². The van der Waals surface area contributed by atoms with Crippen LogP contribution in [0.2, 0.25) is 0 Å². The average molecular weight is 404 g/mol. The summed E-state index contributed by atoms with van der Waals surface area (Å²) in [5.74, 6) is -3.78. The number of hydrogen-bond acceptors (Lipinski definition) is 9. The zero-order valence-corrected chi connectivity index (χ0v) is 16.3. The van der Waals surface area contributed by atoms with Crippen molar-refractivity contribution >= 4 is 23.6 Å². The van der Waals surface area contributed by atoms with Gasteiger partial charge in [-0.15, -0.1) is 0 Å². The maximum atomic E-state index is 12.9. The van der Waals surface area contributed by atoms with Gasteiger partial charge in [-0.05, 0) is 31.5 Å². The molecule has 1 heterocycles. The monoisotopic (exact) mass is 404 g/mol. The molecule has 10 heteroatoms. The highest BCUT2D eigenvalue weighted by atomic mass is 16.6. The molecule has 1 aliphatic heterocycles. The number of carbonyl (C=O) groups is 3. The van der Waals surface area contributed by atoms with Crippen LogP contribution in [0.25, 0.3) is 0 Å². The molecule has 29 heavy (non-hydrogen) atoms. The number of ether oxygens (including phenoxy) is 3. The van der Waals surface area contributed by atoms with Crippen molar-refractivity contribution in [3.8, 4) is 0 Å². The first-order valence-corrected chi connectivity index (χ1v) is 8.46.